The molecule has 0 heterocycles. The summed E-state index contributed by atoms with van der Waals surface area (Å²) in [5.74, 6) is -1.78. The maximum absolute atomic E-state index is 10.7. The molecular formula is C12H18O4. The fourth-order valence-electron chi connectivity index (χ4n) is 1.55. The highest BCUT2D eigenvalue weighted by Gasteiger charge is 2.34. The van der Waals surface area contributed by atoms with Gasteiger partial charge in [-0.2, -0.15) is 0 Å². The van der Waals surface area contributed by atoms with Crippen LogP contribution in [0.2, 0.25) is 0 Å². The van der Waals surface area contributed by atoms with Crippen molar-refractivity contribution in [2.45, 2.75) is 38.6 Å². The van der Waals surface area contributed by atoms with Gasteiger partial charge in [-0.25, -0.2) is 4.79 Å². The molecule has 1 rings (SSSR count). The zero-order chi connectivity index (χ0) is 12.4. The van der Waals surface area contributed by atoms with Gasteiger partial charge in [0.1, 0.15) is 0 Å². The van der Waals surface area contributed by atoms with E-state index in [1.54, 1.807) is 19.3 Å². The summed E-state index contributed by atoms with van der Waals surface area (Å²) in [5.41, 5.74) is -0.0836. The summed E-state index contributed by atoms with van der Waals surface area (Å²) < 4.78 is 11.1. The molecule has 0 saturated heterocycles. The summed E-state index contributed by atoms with van der Waals surface area (Å²) >= 11 is 0. The standard InChI is InChI=1S/C12H18O4/c1-11(2,3)16-12(15-4)7-5-9(6-8-12)10(13)14/h5-7H,8H2,1-4H3,(H,13,14). The summed E-state index contributed by atoms with van der Waals surface area (Å²) in [7, 11) is 1.55. The topological polar surface area (TPSA) is 55.8 Å². The molecule has 0 saturated carbocycles. The van der Waals surface area contributed by atoms with Gasteiger partial charge in [-0.15, -0.1) is 0 Å². The highest BCUT2D eigenvalue weighted by molar-refractivity contribution is 5.90. The Morgan fingerprint density at radius 3 is 2.44 bits per heavy atom. The van der Waals surface area contributed by atoms with E-state index in [9.17, 15) is 4.79 Å². The van der Waals surface area contributed by atoms with E-state index >= 15 is 0 Å². The quantitative estimate of drug-likeness (QED) is 0.749. The molecule has 0 bridgehead atoms. The van der Waals surface area contributed by atoms with Crippen LogP contribution in [0.25, 0.3) is 0 Å². The summed E-state index contributed by atoms with van der Waals surface area (Å²) in [6.07, 6.45) is 5.18. The van der Waals surface area contributed by atoms with Crippen LogP contribution in [-0.4, -0.2) is 29.6 Å². The van der Waals surface area contributed by atoms with Crippen molar-refractivity contribution in [3.8, 4) is 0 Å². The first kappa shape index (κ1) is 12.9. The minimum absolute atomic E-state index is 0.269. The molecule has 0 amide bonds. The van der Waals surface area contributed by atoms with Gasteiger partial charge in [-0.05, 0) is 32.9 Å². The van der Waals surface area contributed by atoms with Crippen molar-refractivity contribution < 1.29 is 19.4 Å². The SMILES string of the molecule is COC1(OC(C)(C)C)C=CC(C(=O)O)=CC1. The van der Waals surface area contributed by atoms with Crippen LogP contribution >= 0.6 is 0 Å². The van der Waals surface area contributed by atoms with Gasteiger partial charge in [0.15, 0.2) is 5.79 Å². The van der Waals surface area contributed by atoms with Gasteiger partial charge in [0.2, 0.25) is 0 Å². The molecule has 1 atom stereocenters. The Hall–Kier alpha value is -1.13. The van der Waals surface area contributed by atoms with Gasteiger partial charge in [-0.1, -0.05) is 6.08 Å². The monoisotopic (exact) mass is 226 g/mol. The van der Waals surface area contributed by atoms with Crippen molar-refractivity contribution in [1.82, 2.24) is 0 Å². The number of carboxylic acids is 1. The summed E-state index contributed by atoms with van der Waals surface area (Å²) in [5, 5.41) is 8.81. The number of hydrogen-bond donors (Lipinski definition) is 1. The van der Waals surface area contributed by atoms with Crippen molar-refractivity contribution in [2.75, 3.05) is 7.11 Å². The summed E-state index contributed by atoms with van der Waals surface area (Å²) in [4.78, 5) is 10.7. The fourth-order valence-corrected chi connectivity index (χ4v) is 1.55. The van der Waals surface area contributed by atoms with Gasteiger partial charge in [0, 0.05) is 13.5 Å². The van der Waals surface area contributed by atoms with E-state index < -0.39 is 11.8 Å². The second kappa shape index (κ2) is 4.39. The van der Waals surface area contributed by atoms with E-state index in [0.29, 0.717) is 6.42 Å². The molecule has 1 aliphatic carbocycles. The van der Waals surface area contributed by atoms with Crippen LogP contribution < -0.4 is 0 Å². The third-order valence-corrected chi connectivity index (χ3v) is 2.19. The Kier molecular flexibility index (Phi) is 3.55. The van der Waals surface area contributed by atoms with Crippen LogP contribution in [0.1, 0.15) is 27.2 Å². The molecule has 4 nitrogen and oxygen atoms in total. The van der Waals surface area contributed by atoms with Gasteiger partial charge in [-0.3, -0.25) is 0 Å². The Balaban J connectivity index is 2.82. The van der Waals surface area contributed by atoms with Crippen LogP contribution in [0.4, 0.5) is 0 Å². The zero-order valence-electron chi connectivity index (χ0n) is 10.1. The molecular weight excluding hydrogens is 208 g/mol. The largest absolute Gasteiger partial charge is 0.478 e. The number of hydrogen-bond acceptors (Lipinski definition) is 3. The lowest BCUT2D eigenvalue weighted by atomic mass is 10.0. The lowest BCUT2D eigenvalue weighted by Crippen LogP contribution is -2.40. The molecule has 0 aromatic carbocycles. The first-order valence-corrected chi connectivity index (χ1v) is 5.16. The maximum atomic E-state index is 10.7. The van der Waals surface area contributed by atoms with E-state index in [1.165, 1.54) is 6.08 Å². The first-order chi connectivity index (χ1) is 7.28. The lowest BCUT2D eigenvalue weighted by molar-refractivity contribution is -0.235. The Bertz CT molecular complexity index is 335. The van der Waals surface area contributed by atoms with Crippen molar-refractivity contribution >= 4 is 5.97 Å². The van der Waals surface area contributed by atoms with Crippen LogP contribution in [0.5, 0.6) is 0 Å². The van der Waals surface area contributed by atoms with Gasteiger partial charge < -0.3 is 14.6 Å². The third-order valence-electron chi connectivity index (χ3n) is 2.19. The number of carboxylic acid groups (broad SMARTS) is 1. The summed E-state index contributed by atoms with van der Waals surface area (Å²) in [6.45, 7) is 5.79. The molecule has 16 heavy (non-hydrogen) atoms. The van der Waals surface area contributed by atoms with Crippen molar-refractivity contribution in [2.24, 2.45) is 0 Å². The number of rotatable bonds is 3. The number of aliphatic carboxylic acids is 1. The van der Waals surface area contributed by atoms with Crippen LogP contribution in [0.15, 0.2) is 23.8 Å². The van der Waals surface area contributed by atoms with Gasteiger partial charge >= 0.3 is 5.97 Å². The second-order valence-electron chi connectivity index (χ2n) is 4.73. The highest BCUT2D eigenvalue weighted by Crippen LogP contribution is 2.30. The van der Waals surface area contributed by atoms with E-state index in [2.05, 4.69) is 0 Å². The molecule has 0 radical (unpaired) electrons. The highest BCUT2D eigenvalue weighted by atomic mass is 16.7. The molecule has 90 valence electrons. The number of carbonyl (C=O) groups is 1. The average molecular weight is 226 g/mol. The van der Waals surface area contributed by atoms with Crippen LogP contribution in [-0.2, 0) is 14.3 Å². The normalized spacial score (nSPS) is 25.4. The zero-order valence-corrected chi connectivity index (χ0v) is 10.1. The molecule has 4 heteroatoms. The molecule has 0 spiro atoms. The van der Waals surface area contributed by atoms with Crippen molar-refractivity contribution in [1.29, 1.82) is 0 Å². The smallest absolute Gasteiger partial charge is 0.335 e. The Morgan fingerprint density at radius 1 is 1.50 bits per heavy atom. The van der Waals surface area contributed by atoms with E-state index in [4.69, 9.17) is 14.6 Å². The maximum Gasteiger partial charge on any atom is 0.335 e. The minimum Gasteiger partial charge on any atom is -0.478 e. The molecule has 0 fully saturated rings. The summed E-state index contributed by atoms with van der Waals surface area (Å²) in [6, 6.07) is 0. The van der Waals surface area contributed by atoms with Crippen LogP contribution in [0, 0.1) is 0 Å². The molecule has 1 unspecified atom stereocenters. The average Bonchev–Trinajstić information content (AvgIpc) is 2.16. The predicted molar refractivity (Wildman–Crippen MR) is 60.1 cm³/mol. The second-order valence-corrected chi connectivity index (χ2v) is 4.73. The van der Waals surface area contributed by atoms with Gasteiger partial charge in [0.05, 0.1) is 11.2 Å². The molecule has 0 aromatic rings. The predicted octanol–water partition coefficient (Wildman–Crippen LogP) is 2.12. The minimum atomic E-state index is -0.934. The number of ether oxygens (including phenoxy) is 2. The third kappa shape index (κ3) is 3.18. The van der Waals surface area contributed by atoms with E-state index in [-0.39, 0.29) is 11.2 Å². The van der Waals surface area contributed by atoms with Crippen LogP contribution in [0.3, 0.4) is 0 Å². The van der Waals surface area contributed by atoms with E-state index in [0.717, 1.165) is 0 Å². The molecule has 0 aliphatic heterocycles. The molecule has 0 aromatic heterocycles. The molecule has 1 N–H and O–H groups in total. The lowest BCUT2D eigenvalue weighted by Gasteiger charge is -2.36. The van der Waals surface area contributed by atoms with Gasteiger partial charge in [0.25, 0.3) is 0 Å². The van der Waals surface area contributed by atoms with E-state index in [1.807, 2.05) is 20.8 Å². The van der Waals surface area contributed by atoms with Crippen molar-refractivity contribution in [3.05, 3.63) is 23.8 Å². The molecule has 1 aliphatic rings. The fraction of sp³-hybridized carbons (Fsp3) is 0.583. The first-order valence-electron chi connectivity index (χ1n) is 5.16. The van der Waals surface area contributed by atoms with Crippen molar-refractivity contribution in [3.63, 3.8) is 0 Å². The number of methoxy groups -OCH3 is 1. The Morgan fingerprint density at radius 2 is 2.12 bits per heavy atom. The Labute approximate surface area is 95.6 Å².